The van der Waals surface area contributed by atoms with Gasteiger partial charge in [-0.05, 0) is 22.4 Å². The monoisotopic (exact) mass is 289 g/mol. The maximum Gasteiger partial charge on any atom is 0.232 e. The molecule has 90 valence electrons. The number of nitrogens with one attached hydrogen (secondary N) is 1. The molecule has 0 amide bonds. The standard InChI is InChI=1S/C10H16BrN3O2/c1-3-4-12-10-13-7-8(11)9(14-10)16-6-5-15-2/h7H,3-6H2,1-2H3,(H,12,13,14). The molecule has 16 heavy (non-hydrogen) atoms. The van der Waals surface area contributed by atoms with Crippen molar-refractivity contribution < 1.29 is 9.47 Å². The van der Waals surface area contributed by atoms with E-state index in [4.69, 9.17) is 9.47 Å². The molecule has 1 heterocycles. The minimum Gasteiger partial charge on any atom is -0.474 e. The maximum atomic E-state index is 5.43. The molecule has 0 fully saturated rings. The van der Waals surface area contributed by atoms with Crippen LogP contribution in [0.3, 0.4) is 0 Å². The van der Waals surface area contributed by atoms with Crippen LogP contribution in [0.15, 0.2) is 10.7 Å². The van der Waals surface area contributed by atoms with Crippen molar-refractivity contribution in [1.29, 1.82) is 0 Å². The van der Waals surface area contributed by atoms with Crippen LogP contribution in [0.5, 0.6) is 5.88 Å². The zero-order valence-corrected chi connectivity index (χ0v) is 11.1. The van der Waals surface area contributed by atoms with Crippen molar-refractivity contribution in [2.75, 3.05) is 32.2 Å². The van der Waals surface area contributed by atoms with E-state index in [-0.39, 0.29) is 0 Å². The number of anilines is 1. The third kappa shape index (κ3) is 4.32. The van der Waals surface area contributed by atoms with E-state index in [1.165, 1.54) is 0 Å². The van der Waals surface area contributed by atoms with Crippen molar-refractivity contribution in [3.05, 3.63) is 10.7 Å². The third-order valence-corrected chi connectivity index (χ3v) is 2.32. The van der Waals surface area contributed by atoms with E-state index < -0.39 is 0 Å². The second-order valence-electron chi connectivity index (χ2n) is 3.11. The van der Waals surface area contributed by atoms with Gasteiger partial charge in [-0.15, -0.1) is 0 Å². The molecule has 1 aromatic rings. The van der Waals surface area contributed by atoms with Gasteiger partial charge in [-0.2, -0.15) is 4.98 Å². The summed E-state index contributed by atoms with van der Waals surface area (Å²) in [6.07, 6.45) is 2.70. The van der Waals surface area contributed by atoms with Gasteiger partial charge in [-0.3, -0.25) is 0 Å². The lowest BCUT2D eigenvalue weighted by atomic mass is 10.5. The average Bonchev–Trinajstić information content (AvgIpc) is 2.30. The lowest BCUT2D eigenvalue weighted by Crippen LogP contribution is -2.09. The summed E-state index contributed by atoms with van der Waals surface area (Å²) in [7, 11) is 1.63. The minimum atomic E-state index is 0.472. The largest absolute Gasteiger partial charge is 0.474 e. The molecule has 1 aromatic heterocycles. The van der Waals surface area contributed by atoms with Crippen molar-refractivity contribution >= 4 is 21.9 Å². The van der Waals surface area contributed by atoms with Crippen LogP contribution >= 0.6 is 15.9 Å². The molecular weight excluding hydrogens is 274 g/mol. The number of hydrogen-bond donors (Lipinski definition) is 1. The number of nitrogens with zero attached hydrogens (tertiary/aromatic N) is 2. The molecule has 1 N–H and O–H groups in total. The molecule has 0 saturated heterocycles. The Morgan fingerprint density at radius 3 is 2.94 bits per heavy atom. The Labute approximate surface area is 104 Å². The molecule has 0 saturated carbocycles. The summed E-state index contributed by atoms with van der Waals surface area (Å²) >= 11 is 3.33. The Balaban J connectivity index is 2.59. The van der Waals surface area contributed by atoms with Gasteiger partial charge in [0, 0.05) is 13.7 Å². The number of halogens is 1. The molecule has 0 bridgehead atoms. The maximum absolute atomic E-state index is 5.43. The van der Waals surface area contributed by atoms with Crippen molar-refractivity contribution in [3.8, 4) is 5.88 Å². The molecule has 0 aliphatic carbocycles. The first-order chi connectivity index (χ1) is 7.77. The highest BCUT2D eigenvalue weighted by Crippen LogP contribution is 2.22. The van der Waals surface area contributed by atoms with Gasteiger partial charge in [0.25, 0.3) is 0 Å². The van der Waals surface area contributed by atoms with Gasteiger partial charge >= 0.3 is 0 Å². The normalized spacial score (nSPS) is 10.2. The second-order valence-corrected chi connectivity index (χ2v) is 3.97. The first-order valence-corrected chi connectivity index (χ1v) is 5.95. The predicted molar refractivity (Wildman–Crippen MR) is 65.9 cm³/mol. The molecule has 0 unspecified atom stereocenters. The van der Waals surface area contributed by atoms with Crippen molar-refractivity contribution in [3.63, 3.8) is 0 Å². The van der Waals surface area contributed by atoms with E-state index in [1.54, 1.807) is 13.3 Å². The Morgan fingerprint density at radius 1 is 1.44 bits per heavy atom. The van der Waals surface area contributed by atoms with Crippen LogP contribution in [-0.2, 0) is 4.74 Å². The fraction of sp³-hybridized carbons (Fsp3) is 0.600. The predicted octanol–water partition coefficient (Wildman–Crippen LogP) is 2.09. The van der Waals surface area contributed by atoms with Crippen LogP contribution in [0.4, 0.5) is 5.95 Å². The summed E-state index contributed by atoms with van der Waals surface area (Å²) in [4.78, 5) is 8.36. The van der Waals surface area contributed by atoms with Crippen LogP contribution in [0.25, 0.3) is 0 Å². The zero-order chi connectivity index (χ0) is 11.8. The van der Waals surface area contributed by atoms with E-state index >= 15 is 0 Å². The van der Waals surface area contributed by atoms with Crippen LogP contribution in [0, 0.1) is 0 Å². The Kier molecular flexibility index (Phi) is 6.10. The van der Waals surface area contributed by atoms with Crippen LogP contribution < -0.4 is 10.1 Å². The molecule has 0 aliphatic rings. The van der Waals surface area contributed by atoms with E-state index in [1.807, 2.05) is 0 Å². The summed E-state index contributed by atoms with van der Waals surface area (Å²) in [6.45, 7) is 3.94. The van der Waals surface area contributed by atoms with Crippen molar-refractivity contribution in [2.24, 2.45) is 0 Å². The molecule has 5 nitrogen and oxygen atoms in total. The number of methoxy groups -OCH3 is 1. The van der Waals surface area contributed by atoms with Gasteiger partial charge in [0.15, 0.2) is 0 Å². The fourth-order valence-electron chi connectivity index (χ4n) is 0.996. The summed E-state index contributed by atoms with van der Waals surface area (Å²) in [6, 6.07) is 0. The highest BCUT2D eigenvalue weighted by molar-refractivity contribution is 9.10. The summed E-state index contributed by atoms with van der Waals surface area (Å²) in [5.74, 6) is 1.11. The third-order valence-electron chi connectivity index (χ3n) is 1.77. The molecule has 0 spiro atoms. The van der Waals surface area contributed by atoms with Gasteiger partial charge in [0.1, 0.15) is 6.61 Å². The lowest BCUT2D eigenvalue weighted by molar-refractivity contribution is 0.143. The van der Waals surface area contributed by atoms with Gasteiger partial charge < -0.3 is 14.8 Å². The summed E-state index contributed by atoms with van der Waals surface area (Å²) in [5, 5.41) is 3.10. The highest BCUT2D eigenvalue weighted by Gasteiger charge is 2.05. The summed E-state index contributed by atoms with van der Waals surface area (Å²) < 4.78 is 11.1. The number of aromatic nitrogens is 2. The first kappa shape index (κ1) is 13.2. The minimum absolute atomic E-state index is 0.472. The van der Waals surface area contributed by atoms with E-state index in [0.717, 1.165) is 17.4 Å². The Hall–Kier alpha value is -0.880. The first-order valence-electron chi connectivity index (χ1n) is 5.16. The van der Waals surface area contributed by atoms with Crippen LogP contribution in [0.1, 0.15) is 13.3 Å². The van der Waals surface area contributed by atoms with Gasteiger partial charge in [-0.25, -0.2) is 4.98 Å². The summed E-state index contributed by atoms with van der Waals surface area (Å²) in [5.41, 5.74) is 0. The van der Waals surface area contributed by atoms with E-state index in [2.05, 4.69) is 38.1 Å². The smallest absolute Gasteiger partial charge is 0.232 e. The lowest BCUT2D eigenvalue weighted by Gasteiger charge is -2.08. The number of ether oxygens (including phenoxy) is 2. The quantitative estimate of drug-likeness (QED) is 0.779. The molecule has 1 rings (SSSR count). The second kappa shape index (κ2) is 7.40. The van der Waals surface area contributed by atoms with E-state index in [9.17, 15) is 0 Å². The van der Waals surface area contributed by atoms with Crippen LogP contribution in [-0.4, -0.2) is 36.8 Å². The fourth-order valence-corrected chi connectivity index (χ4v) is 1.30. The average molecular weight is 290 g/mol. The SMILES string of the molecule is CCCNc1ncc(Br)c(OCCOC)n1. The molecule has 0 aliphatic heterocycles. The molecule has 0 aromatic carbocycles. The highest BCUT2D eigenvalue weighted by atomic mass is 79.9. The van der Waals surface area contributed by atoms with Crippen molar-refractivity contribution in [2.45, 2.75) is 13.3 Å². The van der Waals surface area contributed by atoms with Crippen molar-refractivity contribution in [1.82, 2.24) is 9.97 Å². The topological polar surface area (TPSA) is 56.3 Å². The van der Waals surface area contributed by atoms with Gasteiger partial charge in [0.2, 0.25) is 11.8 Å². The Bertz CT molecular complexity index is 323. The molecule has 0 atom stereocenters. The Morgan fingerprint density at radius 2 is 2.25 bits per heavy atom. The van der Waals surface area contributed by atoms with Crippen LogP contribution in [0.2, 0.25) is 0 Å². The zero-order valence-electron chi connectivity index (χ0n) is 9.49. The van der Waals surface area contributed by atoms with Gasteiger partial charge in [0.05, 0.1) is 17.3 Å². The van der Waals surface area contributed by atoms with Gasteiger partial charge in [-0.1, -0.05) is 6.92 Å². The number of hydrogen-bond acceptors (Lipinski definition) is 5. The van der Waals surface area contributed by atoms with E-state index in [0.29, 0.717) is 25.0 Å². The molecule has 0 radical (unpaired) electrons. The molecular formula is C10H16BrN3O2. The molecule has 6 heteroatoms. The number of rotatable bonds is 7.